The van der Waals surface area contributed by atoms with Gasteiger partial charge in [-0.25, -0.2) is 13.4 Å². The zero-order chi connectivity index (χ0) is 23.5. The highest BCUT2D eigenvalue weighted by Crippen LogP contribution is 2.33. The molecule has 0 spiro atoms. The Morgan fingerprint density at radius 2 is 1.68 bits per heavy atom. The molecule has 0 saturated carbocycles. The van der Waals surface area contributed by atoms with Crippen molar-refractivity contribution < 1.29 is 17.9 Å². The fraction of sp³-hybridized carbons (Fsp3) is 0.348. The zero-order valence-electron chi connectivity index (χ0n) is 18.8. The molecule has 2 aliphatic heterocycles. The molecule has 1 saturated heterocycles. The second-order valence-corrected chi connectivity index (χ2v) is 10.1. The number of anilines is 3. The SMILES string of the molecule is Cc1ccnc(Nc2ccc(N3CCN(S(=O)(=O)c4ccc5c(c4)OCCCO5)CC3)nn2)c1. The predicted octanol–water partition coefficient (Wildman–Crippen LogP) is 2.60. The van der Waals surface area contributed by atoms with Crippen molar-refractivity contribution in [3.05, 3.63) is 54.2 Å². The summed E-state index contributed by atoms with van der Waals surface area (Å²) in [6.45, 7) is 4.80. The number of nitrogens with zero attached hydrogens (tertiary/aromatic N) is 5. The molecule has 0 unspecified atom stereocenters. The minimum atomic E-state index is -3.64. The molecule has 1 N–H and O–H groups in total. The number of fused-ring (bicyclic) bond motifs is 1. The molecule has 1 aromatic carbocycles. The lowest BCUT2D eigenvalue weighted by Gasteiger charge is -2.34. The lowest BCUT2D eigenvalue weighted by Crippen LogP contribution is -2.49. The highest BCUT2D eigenvalue weighted by Gasteiger charge is 2.30. The molecular formula is C23H26N6O4S. The van der Waals surface area contributed by atoms with Gasteiger partial charge < -0.3 is 19.7 Å². The molecular weight excluding hydrogens is 456 g/mol. The maximum absolute atomic E-state index is 13.2. The molecule has 11 heteroatoms. The molecule has 0 bridgehead atoms. The van der Waals surface area contributed by atoms with Crippen molar-refractivity contribution in [2.45, 2.75) is 18.2 Å². The number of hydrogen-bond acceptors (Lipinski definition) is 9. The number of nitrogens with one attached hydrogen (secondary N) is 1. The van der Waals surface area contributed by atoms with Crippen LogP contribution in [0.1, 0.15) is 12.0 Å². The maximum Gasteiger partial charge on any atom is 0.243 e. The van der Waals surface area contributed by atoms with Crippen molar-refractivity contribution in [2.24, 2.45) is 0 Å². The van der Waals surface area contributed by atoms with Gasteiger partial charge in [0.15, 0.2) is 23.1 Å². The van der Waals surface area contributed by atoms with Gasteiger partial charge in [-0.3, -0.25) is 0 Å². The van der Waals surface area contributed by atoms with E-state index in [1.165, 1.54) is 4.31 Å². The molecule has 0 amide bonds. The first-order valence-electron chi connectivity index (χ1n) is 11.2. The third-order valence-electron chi connectivity index (χ3n) is 5.74. The largest absolute Gasteiger partial charge is 0.490 e. The average Bonchev–Trinajstić information content (AvgIpc) is 3.10. The molecule has 2 aromatic heterocycles. The van der Waals surface area contributed by atoms with Gasteiger partial charge in [-0.15, -0.1) is 10.2 Å². The second kappa shape index (κ2) is 9.43. The smallest absolute Gasteiger partial charge is 0.243 e. The van der Waals surface area contributed by atoms with Crippen molar-refractivity contribution in [1.82, 2.24) is 19.5 Å². The lowest BCUT2D eigenvalue weighted by atomic mass is 10.3. The first-order chi connectivity index (χ1) is 16.5. The number of sulfonamides is 1. The number of ether oxygens (including phenoxy) is 2. The van der Waals surface area contributed by atoms with Gasteiger partial charge in [-0.05, 0) is 48.9 Å². The van der Waals surface area contributed by atoms with Crippen molar-refractivity contribution in [3.63, 3.8) is 0 Å². The minimum absolute atomic E-state index is 0.213. The van der Waals surface area contributed by atoms with Crippen LogP contribution in [0.4, 0.5) is 17.5 Å². The van der Waals surface area contributed by atoms with E-state index in [-0.39, 0.29) is 4.90 Å². The summed E-state index contributed by atoms with van der Waals surface area (Å²) < 4.78 is 39.2. The normalized spacial score (nSPS) is 16.7. The average molecular weight is 483 g/mol. The van der Waals surface area contributed by atoms with Crippen LogP contribution in [-0.4, -0.2) is 67.3 Å². The van der Waals surface area contributed by atoms with Gasteiger partial charge in [0.1, 0.15) is 5.82 Å². The first kappa shape index (κ1) is 22.4. The van der Waals surface area contributed by atoms with E-state index in [1.54, 1.807) is 24.4 Å². The summed E-state index contributed by atoms with van der Waals surface area (Å²) in [6, 6.07) is 12.4. The van der Waals surface area contributed by atoms with Crippen LogP contribution in [0.5, 0.6) is 11.5 Å². The Kier molecular flexibility index (Phi) is 6.20. The number of piperazine rings is 1. The summed E-state index contributed by atoms with van der Waals surface area (Å²) in [5, 5.41) is 11.7. The Labute approximate surface area is 198 Å². The van der Waals surface area contributed by atoms with Crippen LogP contribution < -0.4 is 19.7 Å². The standard InChI is InChI=1S/C23H26N6O4S/c1-17-7-8-24-22(15-17)25-21-5-6-23(27-26-21)28-9-11-29(12-10-28)34(30,31)18-3-4-19-20(16-18)33-14-2-13-32-19/h3-8,15-16H,2,9-14H2,1H3,(H,24,25,26). The van der Waals surface area contributed by atoms with Crippen LogP contribution in [0.15, 0.2) is 53.6 Å². The molecule has 10 nitrogen and oxygen atoms in total. The topological polar surface area (TPSA) is 110 Å². The highest BCUT2D eigenvalue weighted by molar-refractivity contribution is 7.89. The molecule has 34 heavy (non-hydrogen) atoms. The summed E-state index contributed by atoms with van der Waals surface area (Å²) in [6.07, 6.45) is 2.50. The van der Waals surface area contributed by atoms with Gasteiger partial charge >= 0.3 is 0 Å². The molecule has 0 radical (unpaired) electrons. The van der Waals surface area contributed by atoms with Crippen LogP contribution in [-0.2, 0) is 10.0 Å². The van der Waals surface area contributed by atoms with E-state index in [9.17, 15) is 8.42 Å². The maximum atomic E-state index is 13.2. The first-order valence-corrected chi connectivity index (χ1v) is 12.6. The quantitative estimate of drug-likeness (QED) is 0.587. The van der Waals surface area contributed by atoms with E-state index in [4.69, 9.17) is 9.47 Å². The number of hydrogen-bond donors (Lipinski definition) is 1. The van der Waals surface area contributed by atoms with Gasteiger partial charge in [0.2, 0.25) is 10.0 Å². The summed E-state index contributed by atoms with van der Waals surface area (Å²) in [7, 11) is -3.64. The fourth-order valence-corrected chi connectivity index (χ4v) is 5.35. The predicted molar refractivity (Wildman–Crippen MR) is 127 cm³/mol. The van der Waals surface area contributed by atoms with E-state index >= 15 is 0 Å². The number of pyridine rings is 1. The van der Waals surface area contributed by atoms with E-state index in [2.05, 4.69) is 20.5 Å². The second-order valence-electron chi connectivity index (χ2n) is 8.17. The van der Waals surface area contributed by atoms with Gasteiger partial charge in [0.25, 0.3) is 0 Å². The van der Waals surface area contributed by atoms with Crippen LogP contribution in [0.25, 0.3) is 0 Å². The molecule has 3 aromatic rings. The number of aromatic nitrogens is 3. The van der Waals surface area contributed by atoms with Crippen LogP contribution >= 0.6 is 0 Å². The Bertz CT molecular complexity index is 1260. The molecule has 1 fully saturated rings. The highest BCUT2D eigenvalue weighted by atomic mass is 32.2. The third-order valence-corrected chi connectivity index (χ3v) is 7.64. The van der Waals surface area contributed by atoms with Crippen molar-refractivity contribution in [3.8, 4) is 11.5 Å². The van der Waals surface area contributed by atoms with E-state index in [0.717, 1.165) is 12.0 Å². The molecule has 178 valence electrons. The van der Waals surface area contributed by atoms with Crippen molar-refractivity contribution >= 4 is 27.5 Å². The Hall–Kier alpha value is -3.44. The molecule has 2 aliphatic rings. The minimum Gasteiger partial charge on any atom is -0.490 e. The third kappa shape index (κ3) is 4.75. The Morgan fingerprint density at radius 1 is 0.882 bits per heavy atom. The monoisotopic (exact) mass is 482 g/mol. The fourth-order valence-electron chi connectivity index (χ4n) is 3.91. The number of aryl methyl sites for hydroxylation is 1. The van der Waals surface area contributed by atoms with Crippen molar-refractivity contribution in [1.29, 1.82) is 0 Å². The number of rotatable bonds is 5. The Morgan fingerprint density at radius 3 is 2.41 bits per heavy atom. The summed E-state index contributed by atoms with van der Waals surface area (Å²) >= 11 is 0. The van der Waals surface area contributed by atoms with E-state index in [1.807, 2.05) is 36.1 Å². The van der Waals surface area contributed by atoms with E-state index in [0.29, 0.717) is 68.3 Å². The van der Waals surface area contributed by atoms with Crippen LogP contribution in [0.3, 0.4) is 0 Å². The van der Waals surface area contributed by atoms with Crippen LogP contribution in [0, 0.1) is 6.92 Å². The Balaban J connectivity index is 1.22. The van der Waals surface area contributed by atoms with Gasteiger partial charge in [-0.2, -0.15) is 4.31 Å². The van der Waals surface area contributed by atoms with Gasteiger partial charge in [0, 0.05) is 44.9 Å². The summed E-state index contributed by atoms with van der Waals surface area (Å²) in [4.78, 5) is 6.51. The zero-order valence-corrected chi connectivity index (χ0v) is 19.7. The molecule has 5 rings (SSSR count). The van der Waals surface area contributed by atoms with Gasteiger partial charge in [0.05, 0.1) is 18.1 Å². The summed E-state index contributed by atoms with van der Waals surface area (Å²) in [5.74, 6) is 3.06. The summed E-state index contributed by atoms with van der Waals surface area (Å²) in [5.41, 5.74) is 1.10. The van der Waals surface area contributed by atoms with E-state index < -0.39 is 10.0 Å². The lowest BCUT2D eigenvalue weighted by molar-refractivity contribution is 0.296. The molecule has 4 heterocycles. The van der Waals surface area contributed by atoms with Gasteiger partial charge in [-0.1, -0.05) is 0 Å². The van der Waals surface area contributed by atoms with Crippen molar-refractivity contribution in [2.75, 3.05) is 49.6 Å². The molecule has 0 atom stereocenters. The number of benzene rings is 1. The van der Waals surface area contributed by atoms with Crippen LogP contribution in [0.2, 0.25) is 0 Å². The molecule has 0 aliphatic carbocycles.